The summed E-state index contributed by atoms with van der Waals surface area (Å²) < 4.78 is 33.7. The van der Waals surface area contributed by atoms with Crippen molar-refractivity contribution < 1.29 is 33.4 Å². The topological polar surface area (TPSA) is 89.4 Å². The summed E-state index contributed by atoms with van der Waals surface area (Å²) in [6.07, 6.45) is 0. The molecule has 0 radical (unpaired) electrons. The number of rotatable bonds is 0. The van der Waals surface area contributed by atoms with Crippen LogP contribution in [0.1, 0.15) is 0 Å². The minimum Gasteiger partial charge on any atom is -0.333 e. The average molecular weight is 175 g/mol. The van der Waals surface area contributed by atoms with E-state index in [-0.39, 0.29) is 0 Å². The molecular weight excluding hydrogens is 161 g/mol. The van der Waals surface area contributed by atoms with Crippen LogP contribution in [0.2, 0.25) is 0 Å². The first kappa shape index (κ1) is 12.7. The van der Waals surface area contributed by atoms with Crippen LogP contribution in [0, 0.1) is 10.2 Å². The van der Waals surface area contributed by atoms with Gasteiger partial charge in [0.15, 0.2) is 0 Å². The molecule has 0 aliphatic heterocycles. The predicted octanol–water partition coefficient (Wildman–Crippen LogP) is -3.80. The van der Waals surface area contributed by atoms with Gasteiger partial charge in [0, 0.05) is 0 Å². The lowest BCUT2D eigenvalue weighted by Gasteiger charge is -2.14. The van der Waals surface area contributed by atoms with Gasteiger partial charge in [-0.05, 0) is 0 Å². The molecule has 0 heterocycles. The van der Waals surface area contributed by atoms with E-state index < -0.39 is 10.2 Å². The molecule has 10 heavy (non-hydrogen) atoms. The van der Waals surface area contributed by atoms with Crippen molar-refractivity contribution in [2.45, 2.75) is 0 Å². The lowest BCUT2D eigenvalue weighted by molar-refractivity contribution is -1.92. The van der Waals surface area contributed by atoms with Crippen LogP contribution in [0.3, 0.4) is 0 Å². The molecule has 5 nitrogen and oxygen atoms in total. The third kappa shape index (κ3) is 50200. The number of quaternary nitrogens is 1. The van der Waals surface area contributed by atoms with Crippen molar-refractivity contribution in [1.29, 1.82) is 0 Å². The molecule has 0 atom stereocenters. The summed E-state index contributed by atoms with van der Waals surface area (Å²) >= 11 is 0. The van der Waals surface area contributed by atoms with Gasteiger partial charge in [0.1, 0.15) is 0 Å². The molecule has 64 valence electrons. The normalized spacial score (nSPS) is 12.0. The van der Waals surface area contributed by atoms with Gasteiger partial charge in [-0.1, -0.05) is 0 Å². The zero-order valence-electron chi connectivity index (χ0n) is 6.50. The first-order valence-corrected chi connectivity index (χ1v) is 3.68. The van der Waals surface area contributed by atoms with E-state index in [1.54, 1.807) is 0 Å². The van der Waals surface area contributed by atoms with Gasteiger partial charge in [0.25, 0.3) is 0 Å². The largest absolute Gasteiger partial charge is 0.333 e. The Hall–Kier alpha value is 0.0900. The van der Waals surface area contributed by atoms with Gasteiger partial charge in [-0.3, -0.25) is 0 Å². The quantitative estimate of drug-likeness (QED) is 0.382. The van der Waals surface area contributed by atoms with Crippen LogP contribution in [-0.2, 0) is 0 Å². The Morgan fingerprint density at radius 3 is 1.00 bits per heavy atom. The molecule has 0 bridgehead atoms. The fraction of sp³-hybridized carbons (Fsp3) is 1.00. The van der Waals surface area contributed by atoms with Crippen molar-refractivity contribution in [3.05, 3.63) is 0 Å². The Morgan fingerprint density at radius 2 is 1.00 bits per heavy atom. The fourth-order valence-electron chi connectivity index (χ4n) is 0. The Morgan fingerprint density at radius 1 is 1.00 bits per heavy atom. The summed E-state index contributed by atoms with van der Waals surface area (Å²) in [6, 6.07) is 0. The van der Waals surface area contributed by atoms with Gasteiger partial charge in [-0.2, -0.15) is 14.0 Å². The molecule has 0 fully saturated rings. The molecule has 1 N–H and O–H groups in total. The molecule has 0 amide bonds. The maximum Gasteiger partial charge on any atom is 0.0777 e. The molecule has 0 unspecified atom stereocenters. The highest BCUT2D eigenvalue weighted by Crippen LogP contribution is 1.73. The molecule has 0 aliphatic rings. The van der Waals surface area contributed by atoms with Crippen LogP contribution >= 0.6 is 0 Å². The molecule has 0 aromatic rings. The van der Waals surface area contributed by atoms with E-state index in [0.29, 0.717) is 0 Å². The average Bonchev–Trinajstić information content (AvgIpc) is 1.12. The molecule has 0 aromatic carbocycles. The zero-order chi connectivity index (χ0) is 9.00. The SMILES string of the molecule is C[N+](C)(C)C.[O-][Cl+3]([O-])([O-])O. The Labute approximate surface area is 62.4 Å². The standard InChI is InChI=1S/C4H12N.ClHO4/c1-5(2,3)4;2-1(3,4)5/h1-4H3;(H,2,3,4,5)/q+1;. The van der Waals surface area contributed by atoms with Gasteiger partial charge in [0.05, 0.1) is 43.1 Å². The number of hydrogen-bond acceptors (Lipinski definition) is 4. The van der Waals surface area contributed by atoms with Crippen molar-refractivity contribution in [2.75, 3.05) is 28.2 Å². The van der Waals surface area contributed by atoms with E-state index in [0.717, 1.165) is 4.48 Å². The van der Waals surface area contributed by atoms with Gasteiger partial charge in [0.2, 0.25) is 0 Å². The predicted molar refractivity (Wildman–Crippen MR) is 26.2 cm³/mol. The Kier molecular flexibility index (Phi) is 5.18. The second-order valence-electron chi connectivity index (χ2n) is 3.08. The van der Waals surface area contributed by atoms with Crippen LogP contribution in [0.4, 0.5) is 0 Å². The van der Waals surface area contributed by atoms with Crippen LogP contribution in [-0.4, -0.2) is 37.3 Å². The fourth-order valence-corrected chi connectivity index (χ4v) is 0. The van der Waals surface area contributed by atoms with Crippen molar-refractivity contribution in [1.82, 2.24) is 0 Å². The molecule has 0 saturated carbocycles. The highest BCUT2D eigenvalue weighted by atomic mass is 35.7. The van der Waals surface area contributed by atoms with E-state index >= 15 is 0 Å². The zero-order valence-corrected chi connectivity index (χ0v) is 7.25. The summed E-state index contributed by atoms with van der Waals surface area (Å²) in [5, 5.41) is 0. The third-order valence-electron chi connectivity index (χ3n) is 0. The highest BCUT2D eigenvalue weighted by molar-refractivity contribution is 3.87. The number of nitrogens with zero attached hydrogens (tertiary/aromatic N) is 1. The maximum absolute atomic E-state index is 8.60. The Balaban J connectivity index is 0. The van der Waals surface area contributed by atoms with Gasteiger partial charge in [-0.15, -0.1) is 0 Å². The van der Waals surface area contributed by atoms with E-state index in [4.69, 9.17) is 18.6 Å². The van der Waals surface area contributed by atoms with Crippen LogP contribution < -0.4 is 14.0 Å². The van der Waals surface area contributed by atoms with E-state index in [1.165, 1.54) is 0 Å². The lowest BCUT2D eigenvalue weighted by Crippen LogP contribution is -2.58. The smallest absolute Gasteiger partial charge is 0.0777 e. The van der Waals surface area contributed by atoms with E-state index in [9.17, 15) is 0 Å². The van der Waals surface area contributed by atoms with Crippen molar-refractivity contribution in [2.24, 2.45) is 0 Å². The first-order valence-electron chi connectivity index (χ1n) is 2.42. The number of hydrogen-bond donors (Lipinski definition) is 1. The second kappa shape index (κ2) is 4.07. The van der Waals surface area contributed by atoms with Crippen LogP contribution in [0.25, 0.3) is 0 Å². The minimum atomic E-state index is -4.69. The van der Waals surface area contributed by atoms with Gasteiger partial charge >= 0.3 is 0 Å². The Bertz CT molecular complexity index is 60.2. The van der Waals surface area contributed by atoms with Gasteiger partial charge < -0.3 is 4.48 Å². The molecule has 0 spiro atoms. The van der Waals surface area contributed by atoms with E-state index in [1.807, 2.05) is 0 Å². The van der Waals surface area contributed by atoms with Crippen LogP contribution in [0.5, 0.6) is 0 Å². The molecule has 0 rings (SSSR count). The highest BCUT2D eigenvalue weighted by Gasteiger charge is 1.98. The monoisotopic (exact) mass is 174 g/mol. The molecule has 0 saturated heterocycles. The van der Waals surface area contributed by atoms with Crippen molar-refractivity contribution in [3.8, 4) is 0 Å². The van der Waals surface area contributed by atoms with Gasteiger partial charge in [-0.25, -0.2) is 0 Å². The summed E-state index contributed by atoms with van der Waals surface area (Å²) in [5.74, 6) is 0. The molecule has 0 aliphatic carbocycles. The summed E-state index contributed by atoms with van der Waals surface area (Å²) in [5.41, 5.74) is 0. The van der Waals surface area contributed by atoms with Crippen molar-refractivity contribution >= 4 is 0 Å². The lowest BCUT2D eigenvalue weighted by atomic mass is 10.8. The summed E-state index contributed by atoms with van der Waals surface area (Å²) in [7, 11) is 3.81. The van der Waals surface area contributed by atoms with Crippen LogP contribution in [0.15, 0.2) is 0 Å². The third-order valence-corrected chi connectivity index (χ3v) is 0. The summed E-state index contributed by atoms with van der Waals surface area (Å²) in [6.45, 7) is 0. The van der Waals surface area contributed by atoms with E-state index in [2.05, 4.69) is 28.2 Å². The second-order valence-corrected chi connectivity index (χ2v) is 3.87. The number of halogens is 1. The maximum atomic E-state index is 8.60. The molecule has 0 aromatic heterocycles. The molecule has 6 heteroatoms. The minimum absolute atomic E-state index is 1.00. The first-order chi connectivity index (χ1) is 4.00. The summed E-state index contributed by atoms with van der Waals surface area (Å²) in [4.78, 5) is 0. The molecular formula is C4H13ClNO4+. The van der Waals surface area contributed by atoms with Crippen molar-refractivity contribution in [3.63, 3.8) is 0 Å².